The van der Waals surface area contributed by atoms with Crippen molar-refractivity contribution >= 4 is 45.6 Å². The Bertz CT molecular complexity index is 1180. The maximum Gasteiger partial charge on any atom is 0.356 e. The van der Waals surface area contributed by atoms with Crippen molar-refractivity contribution in [3.05, 3.63) is 39.8 Å². The maximum atomic E-state index is 12.9. The van der Waals surface area contributed by atoms with Crippen LogP contribution in [0.4, 0.5) is 11.4 Å². The number of carbonyl (C=O) groups is 2. The van der Waals surface area contributed by atoms with Gasteiger partial charge < -0.3 is 24.7 Å². The molecule has 3 aromatic rings. The summed E-state index contributed by atoms with van der Waals surface area (Å²) in [5, 5.41) is 9.20. The zero-order valence-electron chi connectivity index (χ0n) is 20.1. The topological polar surface area (TPSA) is 94.5 Å². The predicted molar refractivity (Wildman–Crippen MR) is 135 cm³/mol. The van der Waals surface area contributed by atoms with E-state index in [9.17, 15) is 9.59 Å². The summed E-state index contributed by atoms with van der Waals surface area (Å²) < 4.78 is 12.8. The Labute approximate surface area is 203 Å². The largest absolute Gasteiger partial charge is 0.464 e. The highest BCUT2D eigenvalue weighted by atomic mass is 32.1. The van der Waals surface area contributed by atoms with Crippen molar-refractivity contribution in [2.24, 2.45) is 5.92 Å². The van der Waals surface area contributed by atoms with Crippen LogP contribution >= 0.6 is 11.3 Å². The number of aryl methyl sites for hydroxylation is 1. The molecule has 2 atom stereocenters. The lowest BCUT2D eigenvalue weighted by molar-refractivity contribution is -0.119. The molecule has 4 rings (SSSR count). The van der Waals surface area contributed by atoms with Crippen molar-refractivity contribution < 1.29 is 19.1 Å². The van der Waals surface area contributed by atoms with Crippen molar-refractivity contribution in [2.45, 2.75) is 59.2 Å². The number of carbonyl (C=O) groups excluding carboxylic acids is 2. The molecule has 182 valence electrons. The molecule has 3 aromatic heterocycles. The van der Waals surface area contributed by atoms with Gasteiger partial charge in [0.1, 0.15) is 5.65 Å². The van der Waals surface area contributed by atoms with Gasteiger partial charge in [0.15, 0.2) is 5.69 Å². The smallest absolute Gasteiger partial charge is 0.356 e. The van der Waals surface area contributed by atoms with E-state index in [0.717, 1.165) is 18.5 Å². The van der Waals surface area contributed by atoms with Crippen LogP contribution in [0.3, 0.4) is 0 Å². The lowest BCUT2D eigenvalue weighted by atomic mass is 10.1. The summed E-state index contributed by atoms with van der Waals surface area (Å²) >= 11 is 1.70. The van der Waals surface area contributed by atoms with Crippen molar-refractivity contribution in [1.82, 2.24) is 9.55 Å². The highest BCUT2D eigenvalue weighted by molar-refractivity contribution is 7.10. The van der Waals surface area contributed by atoms with E-state index in [0.29, 0.717) is 48.5 Å². The van der Waals surface area contributed by atoms with Gasteiger partial charge in [-0.1, -0.05) is 13.8 Å². The molecular weight excluding hydrogens is 452 g/mol. The van der Waals surface area contributed by atoms with Crippen molar-refractivity contribution in [3.63, 3.8) is 0 Å². The van der Waals surface area contributed by atoms with Crippen LogP contribution in [0.15, 0.2) is 23.7 Å². The molecule has 1 fully saturated rings. The van der Waals surface area contributed by atoms with Crippen LogP contribution in [-0.2, 0) is 27.4 Å². The van der Waals surface area contributed by atoms with Gasteiger partial charge in [0.2, 0.25) is 5.91 Å². The van der Waals surface area contributed by atoms with Gasteiger partial charge in [-0.05, 0) is 49.3 Å². The molecule has 0 aromatic carbocycles. The van der Waals surface area contributed by atoms with Gasteiger partial charge >= 0.3 is 5.97 Å². The zero-order valence-corrected chi connectivity index (χ0v) is 21.0. The van der Waals surface area contributed by atoms with Crippen molar-refractivity contribution in [3.8, 4) is 0 Å². The number of aromatic nitrogens is 2. The Kier molecular flexibility index (Phi) is 7.53. The summed E-state index contributed by atoms with van der Waals surface area (Å²) in [6.07, 6.45) is 4.34. The second-order valence-corrected chi connectivity index (χ2v) is 9.74. The van der Waals surface area contributed by atoms with Gasteiger partial charge in [-0.3, -0.25) is 4.79 Å². The summed E-state index contributed by atoms with van der Waals surface area (Å²) in [5.74, 6) is -0.853. The summed E-state index contributed by atoms with van der Waals surface area (Å²) in [6, 6.07) is 4.04. The normalized spacial score (nSPS) is 16.5. The number of fused-ring (bicyclic) bond motifs is 1. The number of nitrogens with one attached hydrogen (secondary N) is 2. The number of ether oxygens (including phenoxy) is 2. The Balaban J connectivity index is 1.78. The van der Waals surface area contributed by atoms with Crippen LogP contribution in [0, 0.1) is 12.8 Å². The fourth-order valence-corrected chi connectivity index (χ4v) is 4.97. The SMILES string of the molecule is CC[C@@H](C)C(=O)Nc1c(C(=O)OC)n(C[C@@H]2CCCO2)c2ncc(NCc3sccc3C)cc12. The molecular formula is C25H32N4O4S. The summed E-state index contributed by atoms with van der Waals surface area (Å²) in [4.78, 5) is 31.8. The number of anilines is 2. The van der Waals surface area contributed by atoms with Gasteiger partial charge in [0.05, 0.1) is 37.3 Å². The molecule has 0 spiro atoms. The van der Waals surface area contributed by atoms with Crippen molar-refractivity contribution in [1.29, 1.82) is 0 Å². The Morgan fingerprint density at radius 2 is 2.24 bits per heavy atom. The standard InChI is InChI=1S/C25H32N4O4S/c1-5-15(2)24(30)28-21-19-11-17(26-13-20-16(3)8-10-34-20)12-27-23(19)29(22(21)25(31)32-4)14-18-7-6-9-33-18/h8,10-12,15,18,26H,5-7,9,13-14H2,1-4H3,(H,28,30)/t15-,18+/m1/s1. The maximum absolute atomic E-state index is 12.9. The van der Waals surface area contributed by atoms with Gasteiger partial charge in [0, 0.05) is 29.3 Å². The zero-order chi connectivity index (χ0) is 24.2. The molecule has 0 radical (unpaired) electrons. The predicted octanol–water partition coefficient (Wildman–Crippen LogP) is 4.97. The average Bonchev–Trinajstić information content (AvgIpc) is 3.57. The molecule has 1 saturated heterocycles. The lowest BCUT2D eigenvalue weighted by Crippen LogP contribution is -2.23. The highest BCUT2D eigenvalue weighted by Gasteiger charge is 2.29. The summed E-state index contributed by atoms with van der Waals surface area (Å²) in [7, 11) is 1.35. The molecule has 0 unspecified atom stereocenters. The van der Waals surface area contributed by atoms with Crippen LogP contribution in [0.25, 0.3) is 11.0 Å². The highest BCUT2D eigenvalue weighted by Crippen LogP contribution is 2.34. The Morgan fingerprint density at radius 3 is 2.88 bits per heavy atom. The monoisotopic (exact) mass is 484 g/mol. The van der Waals surface area contributed by atoms with E-state index in [1.165, 1.54) is 17.6 Å². The number of hydrogen-bond donors (Lipinski definition) is 2. The van der Waals surface area contributed by atoms with Crippen LogP contribution in [-0.4, -0.2) is 41.2 Å². The van der Waals surface area contributed by atoms with E-state index in [2.05, 4.69) is 29.0 Å². The molecule has 1 amide bonds. The first-order valence-corrected chi connectivity index (χ1v) is 12.6. The van der Waals surface area contributed by atoms with E-state index < -0.39 is 5.97 Å². The number of pyridine rings is 1. The van der Waals surface area contributed by atoms with Crippen molar-refractivity contribution in [2.75, 3.05) is 24.4 Å². The average molecular weight is 485 g/mol. The van der Waals surface area contributed by atoms with E-state index in [4.69, 9.17) is 14.5 Å². The minimum Gasteiger partial charge on any atom is -0.464 e. The van der Waals surface area contributed by atoms with Gasteiger partial charge in [0.25, 0.3) is 0 Å². The molecule has 8 nitrogen and oxygen atoms in total. The molecule has 34 heavy (non-hydrogen) atoms. The fraction of sp³-hybridized carbons (Fsp3) is 0.480. The van der Waals surface area contributed by atoms with Gasteiger partial charge in [-0.2, -0.15) is 0 Å². The third kappa shape index (κ3) is 4.95. The number of amides is 1. The number of hydrogen-bond acceptors (Lipinski definition) is 7. The quantitative estimate of drug-likeness (QED) is 0.417. The minimum atomic E-state index is -0.515. The number of thiophene rings is 1. The summed E-state index contributed by atoms with van der Waals surface area (Å²) in [5.41, 5.74) is 3.40. The van der Waals surface area contributed by atoms with Crippen LogP contribution in [0.1, 0.15) is 54.0 Å². The molecule has 0 aliphatic carbocycles. The number of rotatable bonds is 9. The number of nitrogens with zero attached hydrogens (tertiary/aromatic N) is 2. The van der Waals surface area contributed by atoms with E-state index in [1.807, 2.05) is 24.5 Å². The third-order valence-electron chi connectivity index (χ3n) is 6.42. The molecule has 2 N–H and O–H groups in total. The minimum absolute atomic E-state index is 0.0153. The first-order chi connectivity index (χ1) is 16.4. The van der Waals surface area contributed by atoms with Gasteiger partial charge in [-0.15, -0.1) is 11.3 Å². The second kappa shape index (κ2) is 10.6. The molecule has 0 bridgehead atoms. The first-order valence-electron chi connectivity index (χ1n) is 11.7. The van der Waals surface area contributed by atoms with Crippen LogP contribution < -0.4 is 10.6 Å². The van der Waals surface area contributed by atoms with E-state index >= 15 is 0 Å². The summed E-state index contributed by atoms with van der Waals surface area (Å²) in [6.45, 7) is 7.76. The Morgan fingerprint density at radius 1 is 1.41 bits per heavy atom. The molecule has 1 aliphatic heterocycles. The van der Waals surface area contributed by atoms with Gasteiger partial charge in [-0.25, -0.2) is 9.78 Å². The van der Waals surface area contributed by atoms with Crippen LogP contribution in [0.2, 0.25) is 0 Å². The van der Waals surface area contributed by atoms with E-state index in [-0.39, 0.29) is 17.9 Å². The molecule has 9 heteroatoms. The third-order valence-corrected chi connectivity index (χ3v) is 7.44. The molecule has 1 aliphatic rings. The molecule has 4 heterocycles. The first kappa shape index (κ1) is 24.2. The lowest BCUT2D eigenvalue weighted by Gasteiger charge is -2.15. The van der Waals surface area contributed by atoms with Crippen LogP contribution in [0.5, 0.6) is 0 Å². The van der Waals surface area contributed by atoms with E-state index in [1.54, 1.807) is 17.5 Å². The number of esters is 1. The Hall–Kier alpha value is -2.91. The number of methoxy groups -OCH3 is 1. The molecule has 0 saturated carbocycles. The fourth-order valence-electron chi connectivity index (χ4n) is 4.13. The second-order valence-electron chi connectivity index (χ2n) is 8.73.